The highest BCUT2D eigenvalue weighted by atomic mass is 16.6. The predicted octanol–water partition coefficient (Wildman–Crippen LogP) is 3.17. The third-order valence-corrected chi connectivity index (χ3v) is 5.60. The summed E-state index contributed by atoms with van der Waals surface area (Å²) in [5.74, 6) is -1.24. The number of fused-ring (bicyclic) bond motifs is 3. The van der Waals surface area contributed by atoms with Gasteiger partial charge in [-0.3, -0.25) is 0 Å². The second-order valence-electron chi connectivity index (χ2n) is 7.51. The first-order valence-electron chi connectivity index (χ1n) is 10.2. The molecule has 4 rings (SSSR count). The Morgan fingerprint density at radius 3 is 2.23 bits per heavy atom. The van der Waals surface area contributed by atoms with E-state index in [4.69, 9.17) is 14.2 Å². The number of carboxylic acids is 1. The molecule has 0 bridgehead atoms. The van der Waals surface area contributed by atoms with Crippen molar-refractivity contribution in [3.63, 3.8) is 0 Å². The van der Waals surface area contributed by atoms with Crippen LogP contribution in [0.3, 0.4) is 0 Å². The van der Waals surface area contributed by atoms with Crippen LogP contribution in [-0.4, -0.2) is 55.7 Å². The van der Waals surface area contributed by atoms with Gasteiger partial charge in [0.1, 0.15) is 6.61 Å². The number of rotatable bonds is 7. The van der Waals surface area contributed by atoms with E-state index < -0.39 is 18.1 Å². The summed E-state index contributed by atoms with van der Waals surface area (Å²) in [5.41, 5.74) is 4.47. The largest absolute Gasteiger partial charge is 0.480 e. The van der Waals surface area contributed by atoms with Gasteiger partial charge in [0.2, 0.25) is 0 Å². The molecule has 1 fully saturated rings. The molecule has 7 heteroatoms. The van der Waals surface area contributed by atoms with Gasteiger partial charge >= 0.3 is 12.1 Å². The van der Waals surface area contributed by atoms with Crippen LogP contribution in [0.2, 0.25) is 0 Å². The maximum absolute atomic E-state index is 12.3. The van der Waals surface area contributed by atoms with E-state index in [2.05, 4.69) is 17.4 Å². The van der Waals surface area contributed by atoms with Gasteiger partial charge in [-0.2, -0.15) is 0 Å². The Labute approximate surface area is 174 Å². The third kappa shape index (κ3) is 4.47. The van der Waals surface area contributed by atoms with E-state index in [1.165, 1.54) is 0 Å². The molecule has 158 valence electrons. The lowest BCUT2D eigenvalue weighted by Gasteiger charge is -2.24. The fraction of sp³-hybridized carbons (Fsp3) is 0.391. The zero-order valence-corrected chi connectivity index (χ0v) is 16.6. The van der Waals surface area contributed by atoms with Crippen molar-refractivity contribution in [2.75, 3.05) is 26.4 Å². The lowest BCUT2D eigenvalue weighted by atomic mass is 9.98. The first-order chi connectivity index (χ1) is 14.6. The molecule has 0 saturated carbocycles. The van der Waals surface area contributed by atoms with Crippen LogP contribution in [0.15, 0.2) is 48.5 Å². The van der Waals surface area contributed by atoms with Crippen molar-refractivity contribution in [2.45, 2.75) is 30.9 Å². The van der Waals surface area contributed by atoms with Crippen molar-refractivity contribution in [1.82, 2.24) is 5.32 Å². The topological polar surface area (TPSA) is 94.1 Å². The van der Waals surface area contributed by atoms with E-state index in [1.807, 2.05) is 36.4 Å². The minimum absolute atomic E-state index is 0.0510. The average Bonchev–Trinajstić information content (AvgIpc) is 3.09. The Morgan fingerprint density at radius 2 is 1.63 bits per heavy atom. The molecule has 30 heavy (non-hydrogen) atoms. The van der Waals surface area contributed by atoms with Crippen LogP contribution in [0.5, 0.6) is 0 Å². The monoisotopic (exact) mass is 411 g/mol. The molecule has 0 spiro atoms. The number of amides is 1. The second kappa shape index (κ2) is 9.28. The van der Waals surface area contributed by atoms with Crippen molar-refractivity contribution >= 4 is 12.1 Å². The summed E-state index contributed by atoms with van der Waals surface area (Å²) in [6.07, 6.45) is 0.624. The van der Waals surface area contributed by atoms with Gasteiger partial charge in [0.15, 0.2) is 6.04 Å². The lowest BCUT2D eigenvalue weighted by molar-refractivity contribution is -0.142. The third-order valence-electron chi connectivity index (χ3n) is 5.60. The van der Waals surface area contributed by atoms with Crippen LogP contribution in [0.4, 0.5) is 4.79 Å². The first kappa shape index (κ1) is 20.4. The summed E-state index contributed by atoms with van der Waals surface area (Å²) in [7, 11) is 0. The molecule has 2 aromatic rings. The standard InChI is InChI=1S/C23H25NO6/c25-22(26)21(14-29-15-9-11-28-12-10-15)24-23(27)30-13-20-18-7-3-1-5-16(18)17-6-2-4-8-19(17)20/h1-8,15,20-21H,9-14H2,(H,24,27)(H,25,26). The molecule has 0 radical (unpaired) electrons. The van der Waals surface area contributed by atoms with Crippen LogP contribution in [0.25, 0.3) is 11.1 Å². The van der Waals surface area contributed by atoms with Crippen molar-refractivity contribution in [1.29, 1.82) is 0 Å². The van der Waals surface area contributed by atoms with E-state index in [1.54, 1.807) is 0 Å². The molecule has 2 aliphatic rings. The van der Waals surface area contributed by atoms with Crippen LogP contribution in [0, 0.1) is 0 Å². The molecule has 0 aromatic heterocycles. The van der Waals surface area contributed by atoms with Crippen molar-refractivity contribution in [3.8, 4) is 11.1 Å². The zero-order valence-electron chi connectivity index (χ0n) is 16.6. The summed E-state index contributed by atoms with van der Waals surface area (Å²) in [5, 5.41) is 11.8. The summed E-state index contributed by atoms with van der Waals surface area (Å²) < 4.78 is 16.3. The smallest absolute Gasteiger partial charge is 0.407 e. The van der Waals surface area contributed by atoms with Gasteiger partial charge in [-0.05, 0) is 35.1 Å². The summed E-state index contributed by atoms with van der Waals surface area (Å²) in [6.45, 7) is 1.22. The second-order valence-corrected chi connectivity index (χ2v) is 7.51. The molecule has 2 aromatic carbocycles. The fourth-order valence-corrected chi connectivity index (χ4v) is 4.03. The number of hydrogen-bond donors (Lipinski definition) is 2. The Morgan fingerprint density at radius 1 is 1.03 bits per heavy atom. The summed E-state index contributed by atoms with van der Waals surface area (Å²) >= 11 is 0. The normalized spacial score (nSPS) is 17.1. The van der Waals surface area contributed by atoms with E-state index in [9.17, 15) is 14.7 Å². The SMILES string of the molecule is O=C(NC(COC1CCOCC1)C(=O)O)OCC1c2ccccc2-c2ccccc21. The molecule has 1 heterocycles. The lowest BCUT2D eigenvalue weighted by Crippen LogP contribution is -2.45. The number of aliphatic carboxylic acids is 1. The number of nitrogens with one attached hydrogen (secondary N) is 1. The molecule has 1 aliphatic carbocycles. The molecule has 1 aliphatic heterocycles. The minimum atomic E-state index is -1.16. The van der Waals surface area contributed by atoms with Gasteiger partial charge in [0.25, 0.3) is 0 Å². The Hall–Kier alpha value is -2.90. The van der Waals surface area contributed by atoms with Crippen molar-refractivity contribution in [3.05, 3.63) is 59.7 Å². The number of hydrogen-bond acceptors (Lipinski definition) is 5. The van der Waals surface area contributed by atoms with E-state index >= 15 is 0 Å². The predicted molar refractivity (Wildman–Crippen MR) is 109 cm³/mol. The number of carboxylic acid groups (broad SMARTS) is 1. The number of carbonyl (C=O) groups excluding carboxylic acids is 1. The first-order valence-corrected chi connectivity index (χ1v) is 10.2. The number of alkyl carbamates (subject to hydrolysis) is 1. The maximum atomic E-state index is 12.3. The van der Waals surface area contributed by atoms with Gasteiger partial charge in [-0.1, -0.05) is 48.5 Å². The van der Waals surface area contributed by atoms with Gasteiger partial charge in [0.05, 0.1) is 12.7 Å². The molecule has 1 atom stereocenters. The molecule has 1 amide bonds. The maximum Gasteiger partial charge on any atom is 0.407 e. The highest BCUT2D eigenvalue weighted by Crippen LogP contribution is 2.44. The minimum Gasteiger partial charge on any atom is -0.480 e. The number of carbonyl (C=O) groups is 2. The molecular formula is C23H25NO6. The van der Waals surface area contributed by atoms with Crippen LogP contribution >= 0.6 is 0 Å². The Kier molecular flexibility index (Phi) is 6.30. The Balaban J connectivity index is 1.35. The fourth-order valence-electron chi connectivity index (χ4n) is 4.03. The van der Waals surface area contributed by atoms with Gasteiger partial charge in [0, 0.05) is 19.1 Å². The molecule has 2 N–H and O–H groups in total. The van der Waals surface area contributed by atoms with Crippen LogP contribution < -0.4 is 5.32 Å². The van der Waals surface area contributed by atoms with Gasteiger partial charge in [-0.15, -0.1) is 0 Å². The highest BCUT2D eigenvalue weighted by Gasteiger charge is 2.30. The summed E-state index contributed by atoms with van der Waals surface area (Å²) in [4.78, 5) is 23.8. The van der Waals surface area contributed by atoms with E-state index in [0.29, 0.717) is 13.2 Å². The van der Waals surface area contributed by atoms with Crippen LogP contribution in [-0.2, 0) is 19.0 Å². The molecule has 1 unspecified atom stereocenters. The zero-order chi connectivity index (χ0) is 20.9. The molecular weight excluding hydrogens is 386 g/mol. The quantitative estimate of drug-likeness (QED) is 0.727. The van der Waals surface area contributed by atoms with E-state index in [0.717, 1.165) is 35.1 Å². The van der Waals surface area contributed by atoms with Crippen LogP contribution in [0.1, 0.15) is 29.9 Å². The van der Waals surface area contributed by atoms with Crippen molar-refractivity contribution in [2.24, 2.45) is 0 Å². The van der Waals surface area contributed by atoms with E-state index in [-0.39, 0.29) is 25.2 Å². The molecule has 7 nitrogen and oxygen atoms in total. The number of benzene rings is 2. The van der Waals surface area contributed by atoms with Gasteiger partial charge < -0.3 is 24.6 Å². The highest BCUT2D eigenvalue weighted by molar-refractivity contribution is 5.81. The molecule has 1 saturated heterocycles. The summed E-state index contributed by atoms with van der Waals surface area (Å²) in [6, 6.07) is 14.9. The average molecular weight is 411 g/mol. The Bertz CT molecular complexity index is 863. The number of ether oxygens (including phenoxy) is 3. The van der Waals surface area contributed by atoms with Crippen molar-refractivity contribution < 1.29 is 28.9 Å². The van der Waals surface area contributed by atoms with Gasteiger partial charge in [-0.25, -0.2) is 9.59 Å².